The zero-order valence-electron chi connectivity index (χ0n) is 18.7. The molecule has 2 bridgehead atoms. The van der Waals surface area contributed by atoms with Crippen LogP contribution in [0.4, 0.5) is 11.4 Å². The number of anilines is 2. The SMILES string of the molecule is CC(=O)c1cccc(NC(=O)COC(=O)c2cccc(N3C(=O)[C@H]4[C@H]5CC[C@@H](C5)[C@@H]4C3=O)c2)c1. The molecule has 3 amide bonds. The van der Waals surface area contributed by atoms with Crippen molar-refractivity contribution in [2.45, 2.75) is 26.2 Å². The number of fused-ring (bicyclic) bond motifs is 5. The lowest BCUT2D eigenvalue weighted by molar-refractivity contribution is -0.123. The molecular formula is C26H24N2O6. The van der Waals surface area contributed by atoms with Gasteiger partial charge >= 0.3 is 5.97 Å². The molecule has 34 heavy (non-hydrogen) atoms. The Hall–Kier alpha value is -3.81. The maximum Gasteiger partial charge on any atom is 0.338 e. The molecule has 2 saturated carbocycles. The fourth-order valence-corrected chi connectivity index (χ4v) is 5.66. The summed E-state index contributed by atoms with van der Waals surface area (Å²) in [6.07, 6.45) is 2.94. The van der Waals surface area contributed by atoms with Gasteiger partial charge in [-0.2, -0.15) is 0 Å². The second-order valence-corrected chi connectivity index (χ2v) is 9.21. The van der Waals surface area contributed by atoms with E-state index in [9.17, 15) is 24.0 Å². The summed E-state index contributed by atoms with van der Waals surface area (Å²) in [7, 11) is 0. The first-order valence-corrected chi connectivity index (χ1v) is 11.4. The average Bonchev–Trinajstić information content (AvgIpc) is 3.51. The van der Waals surface area contributed by atoms with Crippen LogP contribution in [0.3, 0.4) is 0 Å². The number of amides is 3. The first-order chi connectivity index (χ1) is 16.3. The van der Waals surface area contributed by atoms with E-state index in [-0.39, 0.29) is 46.8 Å². The Kier molecular flexibility index (Phi) is 5.51. The van der Waals surface area contributed by atoms with Gasteiger partial charge in [-0.1, -0.05) is 18.2 Å². The summed E-state index contributed by atoms with van der Waals surface area (Å²) in [4.78, 5) is 63.5. The van der Waals surface area contributed by atoms with E-state index in [1.165, 1.54) is 30.0 Å². The highest BCUT2D eigenvalue weighted by atomic mass is 16.5. The second-order valence-electron chi connectivity index (χ2n) is 9.21. The minimum atomic E-state index is -0.742. The fraction of sp³-hybridized carbons (Fsp3) is 0.346. The van der Waals surface area contributed by atoms with E-state index < -0.39 is 18.5 Å². The molecule has 5 rings (SSSR count). The monoisotopic (exact) mass is 460 g/mol. The number of imide groups is 1. The van der Waals surface area contributed by atoms with Gasteiger partial charge in [-0.05, 0) is 68.4 Å². The van der Waals surface area contributed by atoms with Crippen molar-refractivity contribution in [2.24, 2.45) is 23.7 Å². The molecule has 2 aliphatic carbocycles. The van der Waals surface area contributed by atoms with Gasteiger partial charge in [0.1, 0.15) is 0 Å². The van der Waals surface area contributed by atoms with Gasteiger partial charge in [0.15, 0.2) is 12.4 Å². The van der Waals surface area contributed by atoms with Crippen molar-refractivity contribution in [3.05, 3.63) is 59.7 Å². The highest BCUT2D eigenvalue weighted by molar-refractivity contribution is 6.22. The van der Waals surface area contributed by atoms with Gasteiger partial charge in [0.05, 0.1) is 23.1 Å². The van der Waals surface area contributed by atoms with Crippen LogP contribution >= 0.6 is 0 Å². The Bertz CT molecular complexity index is 1190. The van der Waals surface area contributed by atoms with Crippen LogP contribution in [0, 0.1) is 23.7 Å². The molecule has 0 unspecified atom stereocenters. The predicted molar refractivity (Wildman–Crippen MR) is 122 cm³/mol. The lowest BCUT2D eigenvalue weighted by Gasteiger charge is -2.19. The van der Waals surface area contributed by atoms with E-state index in [1.807, 2.05) is 0 Å². The van der Waals surface area contributed by atoms with Crippen molar-refractivity contribution >= 4 is 40.8 Å². The molecule has 1 saturated heterocycles. The summed E-state index contributed by atoms with van der Waals surface area (Å²) in [5, 5.41) is 2.58. The van der Waals surface area contributed by atoms with Crippen molar-refractivity contribution in [2.75, 3.05) is 16.8 Å². The molecule has 8 heteroatoms. The van der Waals surface area contributed by atoms with Crippen LogP contribution in [-0.4, -0.2) is 36.1 Å². The molecule has 2 aromatic carbocycles. The van der Waals surface area contributed by atoms with E-state index in [2.05, 4.69) is 5.32 Å². The molecule has 3 fully saturated rings. The average molecular weight is 460 g/mol. The number of ether oxygens (including phenoxy) is 1. The normalized spacial score (nSPS) is 24.8. The summed E-state index contributed by atoms with van der Waals surface area (Å²) in [5.41, 5.74) is 1.37. The van der Waals surface area contributed by atoms with Crippen LogP contribution in [0.15, 0.2) is 48.5 Å². The van der Waals surface area contributed by atoms with Crippen LogP contribution < -0.4 is 10.2 Å². The van der Waals surface area contributed by atoms with Gasteiger partial charge in [0.25, 0.3) is 5.91 Å². The number of hydrogen-bond donors (Lipinski definition) is 1. The zero-order chi connectivity index (χ0) is 24.0. The molecule has 3 aliphatic rings. The van der Waals surface area contributed by atoms with E-state index >= 15 is 0 Å². The zero-order valence-corrected chi connectivity index (χ0v) is 18.7. The van der Waals surface area contributed by atoms with E-state index in [0.29, 0.717) is 16.9 Å². The lowest BCUT2D eigenvalue weighted by Crippen LogP contribution is -2.32. The van der Waals surface area contributed by atoms with Crippen molar-refractivity contribution < 1.29 is 28.7 Å². The standard InChI is InChI=1S/C26H24N2O6/c1-14(29)15-4-2-6-19(11-15)27-21(30)13-34-26(33)18-5-3-7-20(12-18)28-24(31)22-16-8-9-17(10-16)23(22)25(28)32/h2-7,11-12,16-17,22-23H,8-10,13H2,1H3,(H,27,30)/t16-,17-,22-,23-/m0/s1. The molecule has 0 radical (unpaired) electrons. The molecule has 1 heterocycles. The van der Waals surface area contributed by atoms with Crippen molar-refractivity contribution in [1.82, 2.24) is 0 Å². The summed E-state index contributed by atoms with van der Waals surface area (Å²) in [6.45, 7) is 0.902. The molecule has 4 atom stereocenters. The van der Waals surface area contributed by atoms with Crippen LogP contribution in [-0.2, 0) is 19.1 Å². The molecule has 1 aliphatic heterocycles. The maximum atomic E-state index is 13.0. The summed E-state index contributed by atoms with van der Waals surface area (Å²) in [5.74, 6) is -1.72. The Morgan fingerprint density at radius 1 is 0.941 bits per heavy atom. The number of hydrogen-bond acceptors (Lipinski definition) is 6. The van der Waals surface area contributed by atoms with E-state index in [1.54, 1.807) is 30.3 Å². The third kappa shape index (κ3) is 3.79. The van der Waals surface area contributed by atoms with Crippen molar-refractivity contribution in [3.8, 4) is 0 Å². The maximum absolute atomic E-state index is 13.0. The Morgan fingerprint density at radius 3 is 2.26 bits per heavy atom. The smallest absolute Gasteiger partial charge is 0.338 e. The topological polar surface area (TPSA) is 110 Å². The lowest BCUT2D eigenvalue weighted by atomic mass is 9.81. The minimum absolute atomic E-state index is 0.131. The largest absolute Gasteiger partial charge is 0.452 e. The van der Waals surface area contributed by atoms with Gasteiger partial charge in [-0.25, -0.2) is 4.79 Å². The summed E-state index contributed by atoms with van der Waals surface area (Å²) in [6, 6.07) is 12.6. The number of nitrogens with zero attached hydrogens (tertiary/aromatic N) is 1. The van der Waals surface area contributed by atoms with Crippen LogP contribution in [0.5, 0.6) is 0 Å². The Balaban J connectivity index is 1.23. The molecule has 8 nitrogen and oxygen atoms in total. The second kappa shape index (κ2) is 8.52. The summed E-state index contributed by atoms with van der Waals surface area (Å²) >= 11 is 0. The fourth-order valence-electron chi connectivity index (χ4n) is 5.66. The quantitative estimate of drug-likeness (QED) is 0.403. The molecule has 174 valence electrons. The third-order valence-corrected chi connectivity index (χ3v) is 7.15. The van der Waals surface area contributed by atoms with Crippen LogP contribution in [0.25, 0.3) is 0 Å². The number of ketones is 1. The summed E-state index contributed by atoms with van der Waals surface area (Å²) < 4.78 is 5.12. The third-order valence-electron chi connectivity index (χ3n) is 7.15. The van der Waals surface area contributed by atoms with Gasteiger partial charge < -0.3 is 10.1 Å². The number of carbonyl (C=O) groups excluding carboxylic acids is 5. The molecule has 0 aromatic heterocycles. The van der Waals surface area contributed by atoms with Gasteiger partial charge in [-0.3, -0.25) is 24.1 Å². The van der Waals surface area contributed by atoms with Crippen LogP contribution in [0.1, 0.15) is 46.9 Å². The Morgan fingerprint density at radius 2 is 1.59 bits per heavy atom. The van der Waals surface area contributed by atoms with Crippen molar-refractivity contribution in [1.29, 1.82) is 0 Å². The van der Waals surface area contributed by atoms with Gasteiger partial charge in [0, 0.05) is 11.3 Å². The van der Waals surface area contributed by atoms with Crippen LogP contribution in [0.2, 0.25) is 0 Å². The molecule has 1 N–H and O–H groups in total. The first-order valence-electron chi connectivity index (χ1n) is 11.4. The van der Waals surface area contributed by atoms with Crippen molar-refractivity contribution in [3.63, 3.8) is 0 Å². The number of nitrogens with one attached hydrogen (secondary N) is 1. The molecular weight excluding hydrogens is 436 g/mol. The number of esters is 1. The minimum Gasteiger partial charge on any atom is -0.452 e. The predicted octanol–water partition coefficient (Wildman–Crippen LogP) is 3.22. The molecule has 0 spiro atoms. The number of rotatable bonds is 6. The number of Topliss-reactive ketones (excluding diaryl/α,β-unsaturated/α-hetero) is 1. The number of carbonyl (C=O) groups is 5. The molecule has 2 aromatic rings. The van der Waals surface area contributed by atoms with Gasteiger partial charge in [-0.15, -0.1) is 0 Å². The highest BCUT2D eigenvalue weighted by Crippen LogP contribution is 2.56. The Labute approximate surface area is 196 Å². The van der Waals surface area contributed by atoms with Gasteiger partial charge in [0.2, 0.25) is 11.8 Å². The number of benzene rings is 2. The van der Waals surface area contributed by atoms with E-state index in [0.717, 1.165) is 19.3 Å². The first kappa shape index (κ1) is 22.0. The van der Waals surface area contributed by atoms with E-state index in [4.69, 9.17) is 4.74 Å². The highest BCUT2D eigenvalue weighted by Gasteiger charge is 2.61.